The van der Waals surface area contributed by atoms with Crippen molar-refractivity contribution in [1.82, 2.24) is 0 Å². The Labute approximate surface area is 128 Å². The summed E-state index contributed by atoms with van der Waals surface area (Å²) in [7, 11) is 0. The van der Waals surface area contributed by atoms with Crippen LogP contribution in [0, 0.1) is 0 Å². The van der Waals surface area contributed by atoms with Gasteiger partial charge in [0.15, 0.2) is 0 Å². The highest BCUT2D eigenvalue weighted by Crippen LogP contribution is 2.41. The molecule has 4 heterocycles. The molecule has 0 bridgehead atoms. The van der Waals surface area contributed by atoms with E-state index in [1.165, 1.54) is 0 Å². The first-order chi connectivity index (χ1) is 10.6. The second-order valence-electron chi connectivity index (χ2n) is 6.54. The third-order valence-corrected chi connectivity index (χ3v) is 4.51. The van der Waals surface area contributed by atoms with Crippen LogP contribution >= 0.6 is 0 Å². The Kier molecular flexibility index (Phi) is 3.90. The van der Waals surface area contributed by atoms with Crippen LogP contribution in [-0.2, 0) is 28.4 Å². The van der Waals surface area contributed by atoms with E-state index >= 15 is 0 Å². The lowest BCUT2D eigenvalue weighted by Crippen LogP contribution is -2.52. The molecule has 4 aliphatic rings. The Morgan fingerprint density at radius 1 is 0.864 bits per heavy atom. The molecule has 2 N–H and O–H groups in total. The quantitative estimate of drug-likeness (QED) is 0.424. The SMILES string of the molecule is OC(C(O)C1(COCC2CO2)CO1)C1(COCC2CO2)CO1. The summed E-state index contributed by atoms with van der Waals surface area (Å²) in [6.45, 7) is 3.61. The Hall–Kier alpha value is -0.320. The number of aliphatic hydroxyl groups excluding tert-OH is 2. The van der Waals surface area contributed by atoms with Crippen LogP contribution in [0.4, 0.5) is 0 Å². The molecule has 0 radical (unpaired) electrons. The van der Waals surface area contributed by atoms with Crippen LogP contribution in [0.1, 0.15) is 0 Å². The van der Waals surface area contributed by atoms with E-state index in [0.29, 0.717) is 26.4 Å². The van der Waals surface area contributed by atoms with Gasteiger partial charge in [0.25, 0.3) is 0 Å². The van der Waals surface area contributed by atoms with Crippen molar-refractivity contribution in [3.05, 3.63) is 0 Å². The third kappa shape index (κ3) is 3.29. The first-order valence-corrected chi connectivity index (χ1v) is 7.66. The number of ether oxygens (including phenoxy) is 6. The molecule has 0 aromatic heterocycles. The van der Waals surface area contributed by atoms with Gasteiger partial charge in [-0.05, 0) is 0 Å². The normalized spacial score (nSPS) is 44.5. The molecule has 0 spiro atoms. The summed E-state index contributed by atoms with van der Waals surface area (Å²) in [5.74, 6) is 0. The molecule has 0 amide bonds. The van der Waals surface area contributed by atoms with E-state index in [0.717, 1.165) is 13.2 Å². The van der Waals surface area contributed by atoms with Gasteiger partial charge in [0.2, 0.25) is 0 Å². The zero-order chi connectivity index (χ0) is 15.2. The minimum Gasteiger partial charge on any atom is -0.387 e. The average molecular weight is 318 g/mol. The highest BCUT2D eigenvalue weighted by atomic mass is 16.7. The maximum atomic E-state index is 10.4. The molecule has 8 nitrogen and oxygen atoms in total. The van der Waals surface area contributed by atoms with Crippen molar-refractivity contribution in [2.75, 3.05) is 52.9 Å². The van der Waals surface area contributed by atoms with Crippen LogP contribution in [-0.4, -0.2) is 98.7 Å². The minimum absolute atomic E-state index is 0.161. The molecule has 4 fully saturated rings. The van der Waals surface area contributed by atoms with Gasteiger partial charge >= 0.3 is 0 Å². The highest BCUT2D eigenvalue weighted by Gasteiger charge is 2.63. The summed E-state index contributed by atoms with van der Waals surface area (Å²) in [6, 6.07) is 0. The fourth-order valence-electron chi connectivity index (χ4n) is 2.49. The molecule has 0 aliphatic carbocycles. The van der Waals surface area contributed by atoms with Crippen molar-refractivity contribution in [3.8, 4) is 0 Å². The fourth-order valence-corrected chi connectivity index (χ4v) is 2.49. The van der Waals surface area contributed by atoms with Crippen molar-refractivity contribution in [2.45, 2.75) is 35.6 Å². The molecule has 8 heteroatoms. The summed E-state index contributed by atoms with van der Waals surface area (Å²) < 4.78 is 31.9. The summed E-state index contributed by atoms with van der Waals surface area (Å²) in [5.41, 5.74) is -1.68. The lowest BCUT2D eigenvalue weighted by molar-refractivity contribution is -0.101. The van der Waals surface area contributed by atoms with Crippen LogP contribution in [0.3, 0.4) is 0 Å². The highest BCUT2D eigenvalue weighted by molar-refractivity contribution is 5.11. The van der Waals surface area contributed by atoms with Crippen molar-refractivity contribution in [1.29, 1.82) is 0 Å². The molecule has 4 rings (SSSR count). The van der Waals surface area contributed by atoms with Crippen molar-refractivity contribution in [2.24, 2.45) is 0 Å². The molecule has 0 aromatic rings. The first kappa shape index (κ1) is 15.2. The monoisotopic (exact) mass is 318 g/mol. The number of epoxide rings is 4. The standard InChI is InChI=1S/C14H22O8/c15-11(13(7-21-13)5-17-1-9-3-19-9)12(16)14(8-22-14)6-18-2-10-4-20-10/h9-12,15-16H,1-8H2. The second-order valence-corrected chi connectivity index (χ2v) is 6.54. The molecule has 4 aliphatic heterocycles. The van der Waals surface area contributed by atoms with E-state index in [1.807, 2.05) is 0 Å². The summed E-state index contributed by atoms with van der Waals surface area (Å²) in [6.07, 6.45) is -1.82. The average Bonchev–Trinajstić information content (AvgIpc) is 3.35. The van der Waals surface area contributed by atoms with Gasteiger partial charge in [-0.15, -0.1) is 0 Å². The number of aliphatic hydroxyl groups is 2. The number of rotatable bonds is 11. The van der Waals surface area contributed by atoms with Crippen LogP contribution in [0.25, 0.3) is 0 Å². The fraction of sp³-hybridized carbons (Fsp3) is 1.00. The summed E-state index contributed by atoms with van der Waals surface area (Å²) >= 11 is 0. The van der Waals surface area contributed by atoms with Crippen LogP contribution in [0.2, 0.25) is 0 Å². The zero-order valence-corrected chi connectivity index (χ0v) is 12.3. The first-order valence-electron chi connectivity index (χ1n) is 7.66. The van der Waals surface area contributed by atoms with E-state index in [2.05, 4.69) is 0 Å². The number of hydrogen-bond donors (Lipinski definition) is 2. The van der Waals surface area contributed by atoms with Gasteiger partial charge in [0.1, 0.15) is 35.6 Å². The molecule has 0 saturated carbocycles. The van der Waals surface area contributed by atoms with E-state index in [1.54, 1.807) is 0 Å². The van der Waals surface area contributed by atoms with E-state index < -0.39 is 23.4 Å². The van der Waals surface area contributed by atoms with Gasteiger partial charge in [-0.1, -0.05) is 0 Å². The third-order valence-electron chi connectivity index (χ3n) is 4.51. The predicted molar refractivity (Wildman–Crippen MR) is 70.5 cm³/mol. The lowest BCUT2D eigenvalue weighted by Gasteiger charge is -2.28. The topological polar surface area (TPSA) is 109 Å². The Bertz CT molecular complexity index is 362. The van der Waals surface area contributed by atoms with Crippen molar-refractivity contribution < 1.29 is 38.6 Å². The molecular formula is C14H22O8. The largest absolute Gasteiger partial charge is 0.387 e. The lowest BCUT2D eigenvalue weighted by atomic mass is 9.91. The molecular weight excluding hydrogens is 296 g/mol. The maximum absolute atomic E-state index is 10.4. The molecule has 126 valence electrons. The van der Waals surface area contributed by atoms with Crippen molar-refractivity contribution in [3.63, 3.8) is 0 Å². The maximum Gasteiger partial charge on any atom is 0.143 e. The minimum atomic E-state index is -1.07. The Morgan fingerprint density at radius 3 is 1.50 bits per heavy atom. The summed E-state index contributed by atoms with van der Waals surface area (Å²) in [5, 5.41) is 20.9. The van der Waals surface area contributed by atoms with E-state index in [9.17, 15) is 10.2 Å². The predicted octanol–water partition coefficient (Wildman–Crippen LogP) is -1.92. The molecule has 22 heavy (non-hydrogen) atoms. The smallest absolute Gasteiger partial charge is 0.143 e. The van der Waals surface area contributed by atoms with Gasteiger partial charge in [-0.3, -0.25) is 0 Å². The molecule has 4 saturated heterocycles. The zero-order valence-electron chi connectivity index (χ0n) is 12.3. The van der Waals surface area contributed by atoms with E-state index in [-0.39, 0.29) is 25.4 Å². The summed E-state index contributed by atoms with van der Waals surface area (Å²) in [4.78, 5) is 0. The molecule has 6 atom stereocenters. The van der Waals surface area contributed by atoms with Gasteiger partial charge in [0.05, 0.1) is 52.9 Å². The Balaban J connectivity index is 1.25. The van der Waals surface area contributed by atoms with Gasteiger partial charge in [-0.25, -0.2) is 0 Å². The van der Waals surface area contributed by atoms with Crippen molar-refractivity contribution >= 4 is 0 Å². The molecule has 6 unspecified atom stereocenters. The van der Waals surface area contributed by atoms with Gasteiger partial charge < -0.3 is 38.6 Å². The molecule has 0 aromatic carbocycles. The van der Waals surface area contributed by atoms with Crippen LogP contribution in [0.15, 0.2) is 0 Å². The second kappa shape index (κ2) is 5.64. The Morgan fingerprint density at radius 2 is 1.23 bits per heavy atom. The number of hydrogen-bond acceptors (Lipinski definition) is 8. The van der Waals surface area contributed by atoms with Gasteiger partial charge in [-0.2, -0.15) is 0 Å². The van der Waals surface area contributed by atoms with Crippen LogP contribution < -0.4 is 0 Å². The van der Waals surface area contributed by atoms with E-state index in [4.69, 9.17) is 28.4 Å². The van der Waals surface area contributed by atoms with Gasteiger partial charge in [0, 0.05) is 0 Å². The van der Waals surface area contributed by atoms with Crippen LogP contribution in [0.5, 0.6) is 0 Å².